The molecule has 0 bridgehead atoms. The van der Waals surface area contributed by atoms with E-state index in [0.717, 1.165) is 24.5 Å². The molecular weight excluding hydrogens is 336 g/mol. The maximum Gasteiger partial charge on any atom is 0.271 e. The van der Waals surface area contributed by atoms with Crippen molar-refractivity contribution in [1.29, 1.82) is 0 Å². The minimum absolute atomic E-state index is 0.0724. The SMILES string of the molecule is COc1ccc([N+](=O)[O-])cc1NC(=O)CCCCC1CCSS1. The highest BCUT2D eigenvalue weighted by Crippen LogP contribution is 2.39. The van der Waals surface area contributed by atoms with Crippen molar-refractivity contribution in [2.45, 2.75) is 37.4 Å². The molecule has 1 heterocycles. The first-order valence-corrected chi connectivity index (χ1v) is 9.89. The molecule has 1 amide bonds. The van der Waals surface area contributed by atoms with Gasteiger partial charge in [0, 0.05) is 29.6 Å². The molecule has 1 unspecified atom stereocenters. The Balaban J connectivity index is 1.81. The molecule has 1 saturated heterocycles. The van der Waals surface area contributed by atoms with Gasteiger partial charge in [-0.05, 0) is 25.3 Å². The van der Waals surface area contributed by atoms with Gasteiger partial charge >= 0.3 is 0 Å². The molecule has 0 aliphatic carbocycles. The number of nitrogens with zero attached hydrogens (tertiary/aromatic N) is 1. The molecule has 1 aromatic rings. The molecule has 126 valence electrons. The van der Waals surface area contributed by atoms with Crippen LogP contribution in [0.3, 0.4) is 0 Å². The maximum atomic E-state index is 12.0. The highest BCUT2D eigenvalue weighted by Gasteiger charge is 2.16. The van der Waals surface area contributed by atoms with Crippen molar-refractivity contribution in [1.82, 2.24) is 0 Å². The van der Waals surface area contributed by atoms with Crippen molar-refractivity contribution < 1.29 is 14.5 Å². The zero-order valence-electron chi connectivity index (χ0n) is 12.9. The molecule has 6 nitrogen and oxygen atoms in total. The highest BCUT2D eigenvalue weighted by molar-refractivity contribution is 8.77. The first-order valence-electron chi connectivity index (χ1n) is 7.50. The first-order chi connectivity index (χ1) is 11.1. The number of hydrogen-bond donors (Lipinski definition) is 1. The van der Waals surface area contributed by atoms with Crippen LogP contribution in [-0.2, 0) is 4.79 Å². The van der Waals surface area contributed by atoms with E-state index in [0.29, 0.717) is 17.9 Å². The van der Waals surface area contributed by atoms with Crippen molar-refractivity contribution in [3.8, 4) is 5.75 Å². The maximum absolute atomic E-state index is 12.0. The Labute approximate surface area is 143 Å². The van der Waals surface area contributed by atoms with E-state index >= 15 is 0 Å². The third kappa shape index (κ3) is 5.62. The lowest BCUT2D eigenvalue weighted by molar-refractivity contribution is -0.384. The fourth-order valence-electron chi connectivity index (χ4n) is 2.34. The normalized spacial score (nSPS) is 17.0. The van der Waals surface area contributed by atoms with E-state index in [-0.39, 0.29) is 11.6 Å². The number of hydrogen-bond acceptors (Lipinski definition) is 6. The molecule has 0 radical (unpaired) electrons. The molecule has 1 aliphatic rings. The second kappa shape index (κ2) is 9.02. The summed E-state index contributed by atoms with van der Waals surface area (Å²) in [5.74, 6) is 1.50. The number of rotatable bonds is 8. The molecule has 1 fully saturated rings. The number of nitro groups is 1. The van der Waals surface area contributed by atoms with Gasteiger partial charge in [-0.3, -0.25) is 14.9 Å². The van der Waals surface area contributed by atoms with Crippen LogP contribution in [0.5, 0.6) is 5.75 Å². The van der Waals surface area contributed by atoms with Crippen molar-refractivity contribution in [3.63, 3.8) is 0 Å². The molecule has 23 heavy (non-hydrogen) atoms. The van der Waals surface area contributed by atoms with Crippen LogP contribution in [-0.4, -0.2) is 28.9 Å². The van der Waals surface area contributed by atoms with Crippen LogP contribution in [0.15, 0.2) is 18.2 Å². The predicted molar refractivity (Wildman–Crippen MR) is 95.2 cm³/mol. The monoisotopic (exact) mass is 356 g/mol. The third-order valence-electron chi connectivity index (χ3n) is 3.58. The van der Waals surface area contributed by atoms with Crippen LogP contribution in [0.25, 0.3) is 0 Å². The Morgan fingerprint density at radius 1 is 1.48 bits per heavy atom. The number of carbonyl (C=O) groups is 1. The van der Waals surface area contributed by atoms with Crippen molar-refractivity contribution in [2.75, 3.05) is 18.2 Å². The van der Waals surface area contributed by atoms with Crippen LogP contribution in [0.4, 0.5) is 11.4 Å². The topological polar surface area (TPSA) is 81.5 Å². The van der Waals surface area contributed by atoms with Gasteiger partial charge in [0.15, 0.2) is 0 Å². The lowest BCUT2D eigenvalue weighted by Gasteiger charge is -2.10. The standard InChI is InChI=1S/C15H20N2O4S2/c1-21-14-7-6-11(17(19)20)10-13(14)16-15(18)5-3-2-4-12-8-9-22-23-12/h6-7,10,12H,2-5,8-9H2,1H3,(H,16,18). The van der Waals surface area contributed by atoms with E-state index in [2.05, 4.69) is 5.32 Å². The number of nitro benzene ring substituents is 1. The number of anilines is 1. The Hall–Kier alpha value is -1.41. The highest BCUT2D eigenvalue weighted by atomic mass is 33.1. The van der Waals surface area contributed by atoms with Gasteiger partial charge in [0.05, 0.1) is 17.7 Å². The molecule has 0 aromatic heterocycles. The quantitative estimate of drug-likeness (QED) is 0.324. The zero-order chi connectivity index (χ0) is 16.7. The molecule has 1 aliphatic heterocycles. The Kier molecular flexibility index (Phi) is 7.04. The van der Waals surface area contributed by atoms with Crippen LogP contribution in [0.2, 0.25) is 0 Å². The summed E-state index contributed by atoms with van der Waals surface area (Å²) in [5, 5.41) is 14.3. The summed E-state index contributed by atoms with van der Waals surface area (Å²) in [6, 6.07) is 4.16. The summed E-state index contributed by atoms with van der Waals surface area (Å²) < 4.78 is 5.13. The minimum atomic E-state index is -0.494. The van der Waals surface area contributed by atoms with Crippen LogP contribution >= 0.6 is 21.6 Å². The van der Waals surface area contributed by atoms with Gasteiger partial charge < -0.3 is 10.1 Å². The van der Waals surface area contributed by atoms with E-state index in [9.17, 15) is 14.9 Å². The number of benzene rings is 1. The number of amides is 1. The zero-order valence-corrected chi connectivity index (χ0v) is 14.6. The molecule has 0 spiro atoms. The Morgan fingerprint density at radius 2 is 2.30 bits per heavy atom. The van der Waals surface area contributed by atoms with Crippen LogP contribution < -0.4 is 10.1 Å². The summed E-state index contributed by atoms with van der Waals surface area (Å²) in [6.07, 6.45) is 4.66. The average molecular weight is 356 g/mol. The van der Waals surface area contributed by atoms with Crippen molar-refractivity contribution in [2.24, 2.45) is 0 Å². The van der Waals surface area contributed by atoms with Gasteiger partial charge in [0.25, 0.3) is 5.69 Å². The average Bonchev–Trinajstić information content (AvgIpc) is 3.04. The third-order valence-corrected chi connectivity index (χ3v) is 6.58. The fourth-order valence-corrected chi connectivity index (χ4v) is 5.37. The molecule has 1 aromatic carbocycles. The second-order valence-electron chi connectivity index (χ2n) is 5.26. The summed E-state index contributed by atoms with van der Waals surface area (Å²) in [4.78, 5) is 22.3. The summed E-state index contributed by atoms with van der Waals surface area (Å²) in [6.45, 7) is 0. The minimum Gasteiger partial charge on any atom is -0.495 e. The molecule has 2 rings (SSSR count). The van der Waals surface area contributed by atoms with Crippen molar-refractivity contribution >= 4 is 38.9 Å². The number of ether oxygens (including phenoxy) is 1. The molecule has 1 N–H and O–H groups in total. The smallest absolute Gasteiger partial charge is 0.271 e. The number of non-ortho nitro benzene ring substituents is 1. The summed E-state index contributed by atoms with van der Waals surface area (Å²) in [7, 11) is 5.34. The van der Waals surface area contributed by atoms with E-state index < -0.39 is 4.92 Å². The van der Waals surface area contributed by atoms with Gasteiger partial charge in [0.1, 0.15) is 5.75 Å². The lowest BCUT2D eigenvalue weighted by atomic mass is 10.1. The van der Waals surface area contributed by atoms with E-state index in [1.54, 1.807) is 0 Å². The van der Waals surface area contributed by atoms with Crippen LogP contribution in [0.1, 0.15) is 32.1 Å². The number of carbonyl (C=O) groups excluding carboxylic acids is 1. The molecule has 0 saturated carbocycles. The first kappa shape index (κ1) is 17.9. The fraction of sp³-hybridized carbons (Fsp3) is 0.533. The van der Waals surface area contributed by atoms with Gasteiger partial charge in [0.2, 0.25) is 5.91 Å². The Bertz CT molecular complexity index is 562. The predicted octanol–water partition coefficient (Wildman–Crippen LogP) is 4.26. The van der Waals surface area contributed by atoms with E-state index in [4.69, 9.17) is 4.74 Å². The molecular formula is C15H20N2O4S2. The van der Waals surface area contributed by atoms with Gasteiger partial charge in [-0.2, -0.15) is 0 Å². The molecule has 1 atom stereocenters. The van der Waals surface area contributed by atoms with Crippen LogP contribution in [0, 0.1) is 10.1 Å². The molecule has 8 heteroatoms. The van der Waals surface area contributed by atoms with Crippen molar-refractivity contribution in [3.05, 3.63) is 28.3 Å². The van der Waals surface area contributed by atoms with Gasteiger partial charge in [-0.1, -0.05) is 28.0 Å². The van der Waals surface area contributed by atoms with E-state index in [1.807, 2.05) is 21.6 Å². The van der Waals surface area contributed by atoms with Gasteiger partial charge in [-0.15, -0.1) is 0 Å². The van der Waals surface area contributed by atoms with Gasteiger partial charge in [-0.25, -0.2) is 0 Å². The number of nitrogens with one attached hydrogen (secondary N) is 1. The number of unbranched alkanes of at least 4 members (excludes halogenated alkanes) is 1. The number of methoxy groups -OCH3 is 1. The lowest BCUT2D eigenvalue weighted by Crippen LogP contribution is -2.12. The van der Waals surface area contributed by atoms with E-state index in [1.165, 1.54) is 37.5 Å². The largest absolute Gasteiger partial charge is 0.495 e. The Morgan fingerprint density at radius 3 is 2.96 bits per heavy atom. The second-order valence-corrected chi connectivity index (χ2v) is 8.05. The summed E-state index contributed by atoms with van der Waals surface area (Å²) in [5.41, 5.74) is 0.270. The summed E-state index contributed by atoms with van der Waals surface area (Å²) >= 11 is 0.